The number of fused-ring (bicyclic) bond motifs is 1. The summed E-state index contributed by atoms with van der Waals surface area (Å²) in [6, 6.07) is 11.8. The quantitative estimate of drug-likeness (QED) is 0.676. The summed E-state index contributed by atoms with van der Waals surface area (Å²) < 4.78 is 17.3. The molecule has 0 aromatic heterocycles. The van der Waals surface area contributed by atoms with Gasteiger partial charge in [-0.25, -0.2) is 0 Å². The fraction of sp³-hybridized carbons (Fsp3) is 0.320. The second-order valence-electron chi connectivity index (χ2n) is 7.71. The van der Waals surface area contributed by atoms with Crippen LogP contribution in [0.3, 0.4) is 0 Å². The second kappa shape index (κ2) is 8.76. The molecule has 30 heavy (non-hydrogen) atoms. The van der Waals surface area contributed by atoms with Crippen LogP contribution in [-0.2, 0) is 0 Å². The van der Waals surface area contributed by atoms with Crippen LogP contribution in [0.1, 0.15) is 40.2 Å². The van der Waals surface area contributed by atoms with Gasteiger partial charge in [0.25, 0.3) is 0 Å². The van der Waals surface area contributed by atoms with Crippen molar-refractivity contribution in [2.24, 2.45) is 0 Å². The molecule has 0 bridgehead atoms. The maximum absolute atomic E-state index is 13.1. The van der Waals surface area contributed by atoms with Crippen LogP contribution in [0.25, 0.3) is 6.08 Å². The van der Waals surface area contributed by atoms with E-state index >= 15 is 0 Å². The molecule has 0 radical (unpaired) electrons. The molecule has 2 heterocycles. The molecular weight excluding hydrogens is 378 g/mol. The molecule has 0 N–H and O–H groups in total. The van der Waals surface area contributed by atoms with Gasteiger partial charge in [0.2, 0.25) is 5.78 Å². The Bertz CT molecular complexity index is 986. The number of methoxy groups -OCH3 is 2. The van der Waals surface area contributed by atoms with Gasteiger partial charge in [0.05, 0.1) is 14.2 Å². The average Bonchev–Trinajstić information content (AvgIpc) is 3.10. The highest BCUT2D eigenvalue weighted by atomic mass is 16.5. The third-order valence-corrected chi connectivity index (χ3v) is 5.81. The van der Waals surface area contributed by atoms with Crippen molar-refractivity contribution in [2.75, 3.05) is 34.4 Å². The van der Waals surface area contributed by atoms with E-state index in [-0.39, 0.29) is 11.7 Å². The zero-order valence-corrected chi connectivity index (χ0v) is 17.7. The Morgan fingerprint density at radius 2 is 1.77 bits per heavy atom. The molecule has 1 fully saturated rings. The number of ketones is 1. The lowest BCUT2D eigenvalue weighted by Crippen LogP contribution is -2.29. The summed E-state index contributed by atoms with van der Waals surface area (Å²) >= 11 is 0. The first kappa shape index (κ1) is 20.2. The summed E-state index contributed by atoms with van der Waals surface area (Å²) in [5, 5.41) is 0. The molecule has 4 rings (SSSR count). The number of carbonyl (C=O) groups is 1. The number of piperidine rings is 1. The van der Waals surface area contributed by atoms with Gasteiger partial charge >= 0.3 is 0 Å². The van der Waals surface area contributed by atoms with E-state index in [9.17, 15) is 4.79 Å². The molecular formula is C25H27NO4. The van der Waals surface area contributed by atoms with Crippen molar-refractivity contribution < 1.29 is 19.0 Å². The SMILES string of the molecule is COc1cc(OC)c(C2CCN(C)CC2)c2c1C(=O)/C(=C/C=C\c1ccccc1)O2. The number of nitrogens with zero attached hydrogens (tertiary/aromatic N) is 1. The van der Waals surface area contributed by atoms with Gasteiger partial charge in [-0.1, -0.05) is 42.5 Å². The molecule has 2 aliphatic heterocycles. The van der Waals surface area contributed by atoms with E-state index in [1.807, 2.05) is 48.6 Å². The molecule has 0 saturated carbocycles. The summed E-state index contributed by atoms with van der Waals surface area (Å²) in [7, 11) is 5.34. The first-order valence-electron chi connectivity index (χ1n) is 10.3. The molecule has 156 valence electrons. The molecule has 0 atom stereocenters. The van der Waals surface area contributed by atoms with Gasteiger partial charge in [0.1, 0.15) is 22.8 Å². The zero-order valence-electron chi connectivity index (χ0n) is 17.7. The molecule has 2 aromatic rings. The Hall–Kier alpha value is -3.05. The monoisotopic (exact) mass is 405 g/mol. The molecule has 0 spiro atoms. The fourth-order valence-electron chi connectivity index (χ4n) is 4.16. The minimum absolute atomic E-state index is 0.156. The van der Waals surface area contributed by atoms with Crippen LogP contribution >= 0.6 is 0 Å². The van der Waals surface area contributed by atoms with Crippen molar-refractivity contribution >= 4 is 11.9 Å². The highest BCUT2D eigenvalue weighted by Crippen LogP contribution is 2.50. The van der Waals surface area contributed by atoms with E-state index in [0.717, 1.165) is 37.1 Å². The topological polar surface area (TPSA) is 48.0 Å². The summed E-state index contributed by atoms with van der Waals surface area (Å²) in [5.74, 6) is 2.22. The summed E-state index contributed by atoms with van der Waals surface area (Å²) in [6.07, 6.45) is 7.50. The molecule has 0 unspecified atom stereocenters. The standard InChI is InChI=1S/C25H27NO4/c1-26-14-12-18(13-15-26)22-20(28-2)16-21(29-3)23-24(27)19(30-25(22)23)11-7-10-17-8-5-4-6-9-17/h4-11,16,18H,12-15H2,1-3H3/b10-7-,19-11-. The zero-order chi connectivity index (χ0) is 21.1. The molecule has 0 aliphatic carbocycles. The lowest BCUT2D eigenvalue weighted by Gasteiger charge is -2.30. The van der Waals surface area contributed by atoms with Crippen molar-refractivity contribution in [3.05, 3.63) is 71.0 Å². The number of Topliss-reactive ketones (excluding diaryl/α,β-unsaturated/α-hetero) is 1. The highest BCUT2D eigenvalue weighted by molar-refractivity contribution is 6.15. The van der Waals surface area contributed by atoms with Crippen LogP contribution in [0.4, 0.5) is 0 Å². The molecule has 2 aliphatic rings. The lowest BCUT2D eigenvalue weighted by atomic mass is 9.86. The Kier molecular flexibility index (Phi) is 5.91. The molecule has 5 nitrogen and oxygen atoms in total. The number of hydrogen-bond donors (Lipinski definition) is 0. The van der Waals surface area contributed by atoms with E-state index < -0.39 is 0 Å². The number of rotatable bonds is 5. The van der Waals surface area contributed by atoms with Crippen molar-refractivity contribution in [2.45, 2.75) is 18.8 Å². The first-order chi connectivity index (χ1) is 14.6. The first-order valence-corrected chi connectivity index (χ1v) is 10.3. The number of benzene rings is 2. The minimum Gasteiger partial charge on any atom is -0.496 e. The molecule has 2 aromatic carbocycles. The third kappa shape index (κ3) is 3.85. The maximum atomic E-state index is 13.1. The molecule has 1 saturated heterocycles. The van der Waals surface area contributed by atoms with Crippen LogP contribution in [0.5, 0.6) is 17.2 Å². The van der Waals surface area contributed by atoms with Crippen molar-refractivity contribution in [1.82, 2.24) is 4.90 Å². The van der Waals surface area contributed by atoms with Crippen molar-refractivity contribution in [3.63, 3.8) is 0 Å². The number of ether oxygens (including phenoxy) is 3. The van der Waals surface area contributed by atoms with Gasteiger partial charge in [0, 0.05) is 11.6 Å². The van der Waals surface area contributed by atoms with E-state index in [1.165, 1.54) is 0 Å². The molecule has 0 amide bonds. The van der Waals surface area contributed by atoms with Crippen LogP contribution in [-0.4, -0.2) is 45.0 Å². The third-order valence-electron chi connectivity index (χ3n) is 5.81. The lowest BCUT2D eigenvalue weighted by molar-refractivity contribution is 0.101. The van der Waals surface area contributed by atoms with Gasteiger partial charge in [-0.15, -0.1) is 0 Å². The van der Waals surface area contributed by atoms with E-state index in [2.05, 4.69) is 11.9 Å². The van der Waals surface area contributed by atoms with Gasteiger partial charge in [-0.2, -0.15) is 0 Å². The predicted molar refractivity (Wildman–Crippen MR) is 118 cm³/mol. The normalized spacial score (nSPS) is 18.6. The predicted octanol–water partition coefficient (Wildman–Crippen LogP) is 4.69. The van der Waals surface area contributed by atoms with Crippen LogP contribution in [0, 0.1) is 0 Å². The summed E-state index contributed by atoms with van der Waals surface area (Å²) in [4.78, 5) is 15.5. The number of likely N-dealkylation sites (tertiary alicyclic amines) is 1. The van der Waals surface area contributed by atoms with Gasteiger partial charge < -0.3 is 19.1 Å². The average molecular weight is 405 g/mol. The van der Waals surface area contributed by atoms with Gasteiger partial charge in [-0.05, 0) is 50.5 Å². The van der Waals surface area contributed by atoms with Crippen molar-refractivity contribution in [3.8, 4) is 17.2 Å². The largest absolute Gasteiger partial charge is 0.496 e. The highest BCUT2D eigenvalue weighted by Gasteiger charge is 2.38. The number of hydrogen-bond acceptors (Lipinski definition) is 5. The second-order valence-corrected chi connectivity index (χ2v) is 7.71. The van der Waals surface area contributed by atoms with Crippen molar-refractivity contribution in [1.29, 1.82) is 0 Å². The summed E-state index contributed by atoms with van der Waals surface area (Å²) in [5.41, 5.74) is 2.53. The van der Waals surface area contributed by atoms with E-state index in [1.54, 1.807) is 20.3 Å². The summed E-state index contributed by atoms with van der Waals surface area (Å²) in [6.45, 7) is 2.01. The van der Waals surface area contributed by atoms with Crippen LogP contribution < -0.4 is 14.2 Å². The Morgan fingerprint density at radius 3 is 2.43 bits per heavy atom. The Labute approximate surface area is 177 Å². The van der Waals surface area contributed by atoms with Crippen LogP contribution in [0.15, 0.2) is 54.3 Å². The minimum atomic E-state index is -0.156. The van der Waals surface area contributed by atoms with Gasteiger partial charge in [-0.3, -0.25) is 4.79 Å². The van der Waals surface area contributed by atoms with Crippen LogP contribution in [0.2, 0.25) is 0 Å². The smallest absolute Gasteiger partial charge is 0.235 e. The van der Waals surface area contributed by atoms with E-state index in [4.69, 9.17) is 14.2 Å². The van der Waals surface area contributed by atoms with Gasteiger partial charge in [0.15, 0.2) is 5.76 Å². The van der Waals surface area contributed by atoms with E-state index in [0.29, 0.717) is 28.6 Å². The Morgan fingerprint density at radius 1 is 1.07 bits per heavy atom. The fourth-order valence-corrected chi connectivity index (χ4v) is 4.16. The Balaban J connectivity index is 1.71. The molecule has 5 heteroatoms. The number of allylic oxidation sites excluding steroid dienone is 3. The maximum Gasteiger partial charge on any atom is 0.235 e. The number of carbonyl (C=O) groups excluding carboxylic acids is 1.